The third-order valence-electron chi connectivity index (χ3n) is 4.64. The Morgan fingerprint density at radius 3 is 2.60 bits per heavy atom. The molecule has 0 spiro atoms. The van der Waals surface area contributed by atoms with Gasteiger partial charge in [-0.15, -0.1) is 0 Å². The third-order valence-corrected chi connectivity index (χ3v) is 6.07. The van der Waals surface area contributed by atoms with Gasteiger partial charge in [0.1, 0.15) is 11.3 Å². The number of aromatic nitrogens is 1. The largest absolute Gasteiger partial charge is 0.491 e. The van der Waals surface area contributed by atoms with Gasteiger partial charge in [-0.1, -0.05) is 30.3 Å². The van der Waals surface area contributed by atoms with Gasteiger partial charge in [0.2, 0.25) is 15.9 Å². The van der Waals surface area contributed by atoms with Crippen molar-refractivity contribution in [2.45, 2.75) is 24.2 Å². The fraction of sp³-hybridized carbons (Fsp3) is 0.273. The Labute approximate surface area is 176 Å². The van der Waals surface area contributed by atoms with Crippen molar-refractivity contribution in [3.63, 3.8) is 0 Å². The van der Waals surface area contributed by atoms with Crippen molar-refractivity contribution in [1.82, 2.24) is 15.0 Å². The number of amides is 1. The van der Waals surface area contributed by atoms with E-state index in [4.69, 9.17) is 4.74 Å². The molecule has 0 atom stereocenters. The lowest BCUT2D eigenvalue weighted by atomic mass is 10.1. The molecule has 0 saturated heterocycles. The molecule has 7 nitrogen and oxygen atoms in total. The van der Waals surface area contributed by atoms with Crippen LogP contribution in [0.5, 0.6) is 5.75 Å². The number of pyridine rings is 1. The highest BCUT2D eigenvalue weighted by Gasteiger charge is 2.10. The molecule has 0 aliphatic carbocycles. The zero-order valence-electron chi connectivity index (χ0n) is 16.8. The van der Waals surface area contributed by atoms with E-state index in [9.17, 15) is 13.2 Å². The van der Waals surface area contributed by atoms with Gasteiger partial charge in [0.25, 0.3) is 0 Å². The third kappa shape index (κ3) is 5.77. The molecule has 3 rings (SSSR count). The quantitative estimate of drug-likeness (QED) is 0.485. The minimum absolute atomic E-state index is 0.0475. The Morgan fingerprint density at radius 2 is 1.83 bits per heavy atom. The lowest BCUT2D eigenvalue weighted by molar-refractivity contribution is -0.121. The lowest BCUT2D eigenvalue weighted by Crippen LogP contribution is -2.25. The SMILES string of the molecule is CNS(=O)(=O)c1ccc(CCC(=O)NCCCOc2cccc3cccnc23)cc1. The number of fused-ring (bicyclic) bond motifs is 1. The number of nitrogens with zero attached hydrogens (tertiary/aromatic N) is 1. The van der Waals surface area contributed by atoms with Crippen LogP contribution in [-0.4, -0.2) is 39.5 Å². The molecule has 30 heavy (non-hydrogen) atoms. The summed E-state index contributed by atoms with van der Waals surface area (Å²) >= 11 is 0. The van der Waals surface area contributed by atoms with Gasteiger partial charge in [0.05, 0.1) is 11.5 Å². The fourth-order valence-electron chi connectivity index (χ4n) is 2.97. The summed E-state index contributed by atoms with van der Waals surface area (Å²) in [6, 6.07) is 16.2. The molecule has 1 aromatic heterocycles. The summed E-state index contributed by atoms with van der Waals surface area (Å²) in [6.07, 6.45) is 3.31. The Kier molecular flexibility index (Phi) is 7.37. The predicted octanol–water partition coefficient (Wildman–Crippen LogP) is 2.66. The van der Waals surface area contributed by atoms with Crippen LogP contribution < -0.4 is 14.8 Å². The molecule has 0 saturated carbocycles. The first-order chi connectivity index (χ1) is 14.5. The standard InChI is InChI=1S/C22H25N3O4S/c1-23-30(27,28)19-11-8-17(9-12-19)10-13-21(26)24-15-4-16-29-20-7-2-5-18-6-3-14-25-22(18)20/h2-3,5-9,11-12,14,23H,4,10,13,15-16H2,1H3,(H,24,26). The number of hydrogen-bond acceptors (Lipinski definition) is 5. The molecule has 1 amide bonds. The van der Waals surface area contributed by atoms with Crippen LogP contribution in [0.25, 0.3) is 10.9 Å². The minimum atomic E-state index is -3.44. The maximum atomic E-state index is 12.0. The molecule has 8 heteroatoms. The highest BCUT2D eigenvalue weighted by molar-refractivity contribution is 7.89. The summed E-state index contributed by atoms with van der Waals surface area (Å²) < 4.78 is 31.5. The molecule has 1 heterocycles. The van der Waals surface area contributed by atoms with Gasteiger partial charge >= 0.3 is 0 Å². The number of benzene rings is 2. The second-order valence-electron chi connectivity index (χ2n) is 6.73. The van der Waals surface area contributed by atoms with E-state index in [-0.39, 0.29) is 10.8 Å². The van der Waals surface area contributed by atoms with Crippen molar-refractivity contribution in [2.24, 2.45) is 0 Å². The Morgan fingerprint density at radius 1 is 1.07 bits per heavy atom. The monoisotopic (exact) mass is 427 g/mol. The van der Waals surface area contributed by atoms with Crippen LogP contribution >= 0.6 is 0 Å². The highest BCUT2D eigenvalue weighted by Crippen LogP contribution is 2.22. The Bertz CT molecular complexity index is 1090. The summed E-state index contributed by atoms with van der Waals surface area (Å²) in [7, 11) is -2.07. The average molecular weight is 428 g/mol. The first-order valence-electron chi connectivity index (χ1n) is 9.75. The molecule has 2 N–H and O–H groups in total. The summed E-state index contributed by atoms with van der Waals surface area (Å²) in [6.45, 7) is 1.01. The first-order valence-corrected chi connectivity index (χ1v) is 11.2. The van der Waals surface area contributed by atoms with Crippen molar-refractivity contribution in [3.05, 3.63) is 66.4 Å². The zero-order valence-corrected chi connectivity index (χ0v) is 17.6. The van der Waals surface area contributed by atoms with E-state index in [1.165, 1.54) is 7.05 Å². The Hall–Kier alpha value is -2.97. The lowest BCUT2D eigenvalue weighted by Gasteiger charge is -2.09. The van der Waals surface area contributed by atoms with Gasteiger partial charge in [-0.25, -0.2) is 13.1 Å². The Balaban J connectivity index is 1.37. The summed E-state index contributed by atoms with van der Waals surface area (Å²) in [5.41, 5.74) is 1.74. The van der Waals surface area contributed by atoms with E-state index in [1.54, 1.807) is 30.5 Å². The van der Waals surface area contributed by atoms with Crippen LogP contribution in [0.4, 0.5) is 0 Å². The highest BCUT2D eigenvalue weighted by atomic mass is 32.2. The number of ether oxygens (including phenoxy) is 1. The number of para-hydroxylation sites is 1. The van der Waals surface area contributed by atoms with Crippen molar-refractivity contribution in [2.75, 3.05) is 20.2 Å². The van der Waals surface area contributed by atoms with Crippen LogP contribution in [0.3, 0.4) is 0 Å². The molecule has 158 valence electrons. The smallest absolute Gasteiger partial charge is 0.240 e. The molecule has 2 aromatic carbocycles. The van der Waals surface area contributed by atoms with Crippen molar-refractivity contribution in [3.8, 4) is 5.75 Å². The van der Waals surface area contributed by atoms with E-state index in [2.05, 4.69) is 15.0 Å². The molecule has 0 unspecified atom stereocenters. The average Bonchev–Trinajstić information content (AvgIpc) is 2.78. The van der Waals surface area contributed by atoms with Crippen molar-refractivity contribution >= 4 is 26.8 Å². The van der Waals surface area contributed by atoms with Crippen LogP contribution in [0, 0.1) is 0 Å². The fourth-order valence-corrected chi connectivity index (χ4v) is 3.70. The molecule has 0 fully saturated rings. The predicted molar refractivity (Wildman–Crippen MR) is 116 cm³/mol. The van der Waals surface area contributed by atoms with Crippen LogP contribution in [0.1, 0.15) is 18.4 Å². The molecule has 0 aliphatic rings. The number of sulfonamides is 1. The first kappa shape index (κ1) is 21.7. The van der Waals surface area contributed by atoms with E-state index in [1.807, 2.05) is 30.3 Å². The van der Waals surface area contributed by atoms with Crippen molar-refractivity contribution in [1.29, 1.82) is 0 Å². The molecule has 0 aliphatic heterocycles. The number of hydrogen-bond donors (Lipinski definition) is 2. The maximum absolute atomic E-state index is 12.0. The zero-order chi connectivity index (χ0) is 21.4. The number of rotatable bonds is 10. The van der Waals surface area contributed by atoms with Gasteiger partial charge < -0.3 is 10.1 Å². The van der Waals surface area contributed by atoms with Gasteiger partial charge in [-0.05, 0) is 49.7 Å². The van der Waals surface area contributed by atoms with E-state index in [0.717, 1.165) is 22.2 Å². The maximum Gasteiger partial charge on any atom is 0.240 e. The van der Waals surface area contributed by atoms with Crippen molar-refractivity contribution < 1.29 is 17.9 Å². The van der Waals surface area contributed by atoms with Crippen LogP contribution in [0.2, 0.25) is 0 Å². The summed E-state index contributed by atoms with van der Waals surface area (Å²) in [4.78, 5) is 16.6. The van der Waals surface area contributed by atoms with Gasteiger partial charge in [0.15, 0.2) is 0 Å². The molecule has 0 radical (unpaired) electrons. The van der Waals surface area contributed by atoms with Crippen LogP contribution in [0.15, 0.2) is 65.7 Å². The summed E-state index contributed by atoms with van der Waals surface area (Å²) in [5, 5.41) is 3.91. The molecule has 3 aromatic rings. The van der Waals surface area contributed by atoms with Gasteiger partial charge in [0, 0.05) is 24.5 Å². The van der Waals surface area contributed by atoms with Crippen LogP contribution in [-0.2, 0) is 21.2 Å². The molecular weight excluding hydrogens is 402 g/mol. The number of nitrogens with one attached hydrogen (secondary N) is 2. The molecular formula is C22H25N3O4S. The van der Waals surface area contributed by atoms with E-state index >= 15 is 0 Å². The normalized spacial score (nSPS) is 11.4. The second-order valence-corrected chi connectivity index (χ2v) is 8.62. The van der Waals surface area contributed by atoms with E-state index in [0.29, 0.717) is 32.4 Å². The number of carbonyl (C=O) groups excluding carboxylic acids is 1. The minimum Gasteiger partial charge on any atom is -0.491 e. The van der Waals surface area contributed by atoms with E-state index < -0.39 is 10.0 Å². The molecule has 0 bridgehead atoms. The summed E-state index contributed by atoms with van der Waals surface area (Å²) in [5.74, 6) is 0.692. The topological polar surface area (TPSA) is 97.4 Å². The number of aryl methyl sites for hydroxylation is 1. The van der Waals surface area contributed by atoms with Gasteiger partial charge in [-0.2, -0.15) is 0 Å². The van der Waals surface area contributed by atoms with Gasteiger partial charge in [-0.3, -0.25) is 9.78 Å². The second kappa shape index (κ2) is 10.2. The number of carbonyl (C=O) groups is 1.